The Kier molecular flexibility index (Phi) is 6.60. The number of sulfonamides is 1. The fourth-order valence-corrected chi connectivity index (χ4v) is 4.90. The van der Waals surface area contributed by atoms with E-state index in [-0.39, 0.29) is 11.9 Å². The number of carbonyl (C=O) groups is 1. The molecule has 1 aromatic carbocycles. The summed E-state index contributed by atoms with van der Waals surface area (Å²) in [4.78, 5) is 11.8. The SMILES string of the molecule is C=CC(c1ccc(Br)cc1)S(=O)(=O)N1CCC(C(=O)OCC)CC1. The molecular formula is C17H22BrNO4S. The predicted octanol–water partition coefficient (Wildman–Crippen LogP) is 3.28. The first kappa shape index (κ1) is 19.1. The number of nitrogens with zero attached hydrogens (tertiary/aromatic N) is 1. The maximum atomic E-state index is 12.9. The van der Waals surface area contributed by atoms with Crippen LogP contribution in [0.5, 0.6) is 0 Å². The van der Waals surface area contributed by atoms with Gasteiger partial charge in [-0.05, 0) is 37.5 Å². The molecule has 7 heteroatoms. The number of hydrogen-bond acceptors (Lipinski definition) is 4. The Morgan fingerprint density at radius 1 is 1.38 bits per heavy atom. The summed E-state index contributed by atoms with van der Waals surface area (Å²) >= 11 is 3.35. The molecule has 0 aromatic heterocycles. The van der Waals surface area contributed by atoms with Crippen LogP contribution >= 0.6 is 15.9 Å². The Morgan fingerprint density at radius 3 is 2.46 bits per heavy atom. The van der Waals surface area contributed by atoms with Gasteiger partial charge in [-0.3, -0.25) is 4.79 Å². The van der Waals surface area contributed by atoms with Crippen LogP contribution in [0.1, 0.15) is 30.6 Å². The summed E-state index contributed by atoms with van der Waals surface area (Å²) in [5.74, 6) is -0.450. The second-order valence-electron chi connectivity index (χ2n) is 5.68. The molecule has 0 bridgehead atoms. The van der Waals surface area contributed by atoms with E-state index < -0.39 is 15.3 Å². The van der Waals surface area contributed by atoms with Gasteiger partial charge in [0.25, 0.3) is 0 Å². The van der Waals surface area contributed by atoms with E-state index in [0.717, 1.165) is 4.47 Å². The molecule has 0 N–H and O–H groups in total. The van der Waals surface area contributed by atoms with Crippen molar-refractivity contribution in [1.82, 2.24) is 4.31 Å². The van der Waals surface area contributed by atoms with E-state index in [2.05, 4.69) is 22.5 Å². The minimum atomic E-state index is -3.55. The van der Waals surface area contributed by atoms with Crippen LogP contribution in [0.15, 0.2) is 41.4 Å². The van der Waals surface area contributed by atoms with E-state index in [1.165, 1.54) is 10.4 Å². The molecule has 1 saturated heterocycles. The van der Waals surface area contributed by atoms with Gasteiger partial charge in [-0.1, -0.05) is 34.1 Å². The van der Waals surface area contributed by atoms with Crippen LogP contribution in [0.25, 0.3) is 0 Å². The lowest BCUT2D eigenvalue weighted by atomic mass is 9.98. The topological polar surface area (TPSA) is 63.7 Å². The Balaban J connectivity index is 2.11. The lowest BCUT2D eigenvalue weighted by Crippen LogP contribution is -2.42. The first-order chi connectivity index (χ1) is 11.4. The van der Waals surface area contributed by atoms with Gasteiger partial charge in [0, 0.05) is 17.6 Å². The van der Waals surface area contributed by atoms with Crippen molar-refractivity contribution in [3.05, 3.63) is 47.0 Å². The van der Waals surface area contributed by atoms with Gasteiger partial charge < -0.3 is 4.74 Å². The third-order valence-electron chi connectivity index (χ3n) is 4.17. The van der Waals surface area contributed by atoms with Gasteiger partial charge in [-0.2, -0.15) is 0 Å². The summed E-state index contributed by atoms with van der Waals surface area (Å²) in [5, 5.41) is -0.787. The number of ether oxygens (including phenoxy) is 1. The molecule has 0 spiro atoms. The molecule has 1 heterocycles. The monoisotopic (exact) mass is 415 g/mol. The number of piperidine rings is 1. The Morgan fingerprint density at radius 2 is 1.96 bits per heavy atom. The number of carbonyl (C=O) groups excluding carboxylic acids is 1. The first-order valence-corrected chi connectivity index (χ1v) is 10.2. The average molecular weight is 416 g/mol. The minimum Gasteiger partial charge on any atom is -0.466 e. The van der Waals surface area contributed by atoms with Gasteiger partial charge in [0.1, 0.15) is 5.25 Å². The largest absolute Gasteiger partial charge is 0.466 e. The quantitative estimate of drug-likeness (QED) is 0.528. The van der Waals surface area contributed by atoms with Crippen molar-refractivity contribution in [2.75, 3.05) is 19.7 Å². The van der Waals surface area contributed by atoms with Crippen LogP contribution in [0.3, 0.4) is 0 Å². The second-order valence-corrected chi connectivity index (χ2v) is 8.65. The molecule has 0 aliphatic carbocycles. The molecule has 0 radical (unpaired) electrons. The molecule has 1 fully saturated rings. The molecule has 0 saturated carbocycles. The lowest BCUT2D eigenvalue weighted by Gasteiger charge is -2.32. The van der Waals surface area contributed by atoms with E-state index in [4.69, 9.17) is 4.74 Å². The molecule has 1 aliphatic rings. The van der Waals surface area contributed by atoms with Gasteiger partial charge in [-0.25, -0.2) is 12.7 Å². The number of hydrogen-bond donors (Lipinski definition) is 0. The van der Waals surface area contributed by atoms with Crippen molar-refractivity contribution < 1.29 is 17.9 Å². The first-order valence-electron chi connectivity index (χ1n) is 7.93. The summed E-state index contributed by atoms with van der Waals surface area (Å²) in [5.41, 5.74) is 0.681. The van der Waals surface area contributed by atoms with Crippen LogP contribution in [0.4, 0.5) is 0 Å². The molecule has 1 aliphatic heterocycles. The highest BCUT2D eigenvalue weighted by Gasteiger charge is 2.36. The van der Waals surface area contributed by atoms with Gasteiger partial charge in [0.15, 0.2) is 0 Å². The van der Waals surface area contributed by atoms with Gasteiger partial charge >= 0.3 is 5.97 Å². The van der Waals surface area contributed by atoms with Gasteiger partial charge in [0.05, 0.1) is 12.5 Å². The minimum absolute atomic E-state index is 0.216. The lowest BCUT2D eigenvalue weighted by molar-refractivity contribution is -0.149. The van der Waals surface area contributed by atoms with Crippen molar-refractivity contribution in [1.29, 1.82) is 0 Å². The Hall–Kier alpha value is -1.18. The number of rotatable bonds is 6. The fourth-order valence-electron chi connectivity index (χ4n) is 2.85. The molecule has 132 valence electrons. The summed E-state index contributed by atoms with van der Waals surface area (Å²) < 4.78 is 33.2. The number of halogens is 1. The normalized spacial score (nSPS) is 18.1. The molecule has 24 heavy (non-hydrogen) atoms. The molecule has 5 nitrogen and oxygen atoms in total. The summed E-state index contributed by atoms with van der Waals surface area (Å²) in [6, 6.07) is 7.18. The van der Waals surface area contributed by atoms with Crippen LogP contribution in [0, 0.1) is 5.92 Å². The van der Waals surface area contributed by atoms with Gasteiger partial charge in [-0.15, -0.1) is 6.58 Å². The molecular weight excluding hydrogens is 394 g/mol. The third kappa shape index (κ3) is 4.26. The molecule has 1 unspecified atom stereocenters. The van der Waals surface area contributed by atoms with E-state index in [0.29, 0.717) is 38.1 Å². The number of benzene rings is 1. The van der Waals surface area contributed by atoms with Crippen molar-refractivity contribution in [2.45, 2.75) is 25.0 Å². The smallest absolute Gasteiger partial charge is 0.309 e. The van der Waals surface area contributed by atoms with Crippen LogP contribution in [0.2, 0.25) is 0 Å². The van der Waals surface area contributed by atoms with Crippen molar-refractivity contribution >= 4 is 31.9 Å². The highest BCUT2D eigenvalue weighted by atomic mass is 79.9. The van der Waals surface area contributed by atoms with Gasteiger partial charge in [0.2, 0.25) is 10.0 Å². The molecule has 0 amide bonds. The van der Waals surface area contributed by atoms with E-state index in [1.807, 2.05) is 12.1 Å². The highest BCUT2D eigenvalue weighted by molar-refractivity contribution is 9.10. The van der Waals surface area contributed by atoms with Crippen LogP contribution in [-0.4, -0.2) is 38.4 Å². The van der Waals surface area contributed by atoms with E-state index >= 15 is 0 Å². The maximum absolute atomic E-state index is 12.9. The molecule has 1 atom stereocenters. The average Bonchev–Trinajstić information content (AvgIpc) is 2.57. The third-order valence-corrected chi connectivity index (χ3v) is 6.89. The standard InChI is InChI=1S/C17H22BrNO4S/c1-3-16(13-5-7-15(18)8-6-13)24(21,22)19-11-9-14(10-12-19)17(20)23-4-2/h3,5-8,14,16H,1,4,9-12H2,2H3. The zero-order valence-electron chi connectivity index (χ0n) is 13.7. The van der Waals surface area contributed by atoms with Crippen molar-refractivity contribution in [2.24, 2.45) is 5.92 Å². The molecule has 2 rings (SSSR count). The Labute approximate surface area is 151 Å². The Bertz CT molecular complexity index is 679. The van der Waals surface area contributed by atoms with Crippen LogP contribution < -0.4 is 0 Å². The fraction of sp³-hybridized carbons (Fsp3) is 0.471. The second kappa shape index (κ2) is 8.27. The maximum Gasteiger partial charge on any atom is 0.309 e. The van der Waals surface area contributed by atoms with Crippen LogP contribution in [-0.2, 0) is 19.6 Å². The van der Waals surface area contributed by atoms with Crippen molar-refractivity contribution in [3.8, 4) is 0 Å². The van der Waals surface area contributed by atoms with E-state index in [1.54, 1.807) is 19.1 Å². The van der Waals surface area contributed by atoms with E-state index in [9.17, 15) is 13.2 Å². The summed E-state index contributed by atoms with van der Waals surface area (Å²) in [6.45, 7) is 6.46. The number of esters is 1. The predicted molar refractivity (Wildman–Crippen MR) is 96.9 cm³/mol. The zero-order valence-corrected chi connectivity index (χ0v) is 16.1. The summed E-state index contributed by atoms with van der Waals surface area (Å²) in [7, 11) is -3.55. The highest BCUT2D eigenvalue weighted by Crippen LogP contribution is 2.31. The summed E-state index contributed by atoms with van der Waals surface area (Å²) in [6.07, 6.45) is 2.43. The molecule has 1 aromatic rings. The zero-order chi connectivity index (χ0) is 17.7. The van der Waals surface area contributed by atoms with Crippen molar-refractivity contribution in [3.63, 3.8) is 0 Å².